The molecule has 0 aliphatic rings. The van der Waals surface area contributed by atoms with Crippen molar-refractivity contribution in [2.45, 2.75) is 13.8 Å². The molecule has 0 saturated carbocycles. The van der Waals surface area contributed by atoms with Gasteiger partial charge in [0.05, 0.1) is 6.21 Å². The van der Waals surface area contributed by atoms with Crippen LogP contribution in [0.4, 0.5) is 5.69 Å². The Balaban J connectivity index is 1.98. The Morgan fingerprint density at radius 2 is 1.95 bits per heavy atom. The molecule has 0 saturated heterocycles. The molecule has 0 radical (unpaired) electrons. The van der Waals surface area contributed by atoms with Gasteiger partial charge >= 0.3 is 0 Å². The largest absolute Gasteiger partial charge is 0.504 e. The number of phenolic OH excluding ortho intramolecular Hbond substituents is 2. The van der Waals surface area contributed by atoms with Gasteiger partial charge in [-0.15, -0.1) is 0 Å². The second-order valence-corrected chi connectivity index (χ2v) is 5.27. The molecule has 0 bridgehead atoms. The molecule has 0 heterocycles. The van der Waals surface area contributed by atoms with E-state index in [-0.39, 0.29) is 11.5 Å². The summed E-state index contributed by atoms with van der Waals surface area (Å²) >= 11 is 5.15. The number of para-hydroxylation sites is 1. The van der Waals surface area contributed by atoms with Gasteiger partial charge in [0.25, 0.3) is 0 Å². The van der Waals surface area contributed by atoms with Gasteiger partial charge in [-0.3, -0.25) is 5.43 Å². The summed E-state index contributed by atoms with van der Waals surface area (Å²) in [6, 6.07) is 10.6. The average molecular weight is 315 g/mol. The van der Waals surface area contributed by atoms with Crippen molar-refractivity contribution in [1.82, 2.24) is 5.43 Å². The molecule has 0 unspecified atom stereocenters. The molecule has 5 nitrogen and oxygen atoms in total. The predicted octanol–water partition coefficient (Wildman–Crippen LogP) is 3.04. The van der Waals surface area contributed by atoms with Gasteiger partial charge in [-0.05, 0) is 49.8 Å². The zero-order chi connectivity index (χ0) is 16.1. The van der Waals surface area contributed by atoms with Gasteiger partial charge in [-0.2, -0.15) is 5.10 Å². The Kier molecular flexibility index (Phi) is 4.95. The van der Waals surface area contributed by atoms with Gasteiger partial charge in [-0.1, -0.05) is 23.8 Å². The van der Waals surface area contributed by atoms with Crippen LogP contribution < -0.4 is 10.7 Å². The third-order valence-corrected chi connectivity index (χ3v) is 3.24. The first-order valence-corrected chi connectivity index (χ1v) is 7.06. The molecule has 114 valence electrons. The quantitative estimate of drug-likeness (QED) is 0.303. The Labute approximate surface area is 134 Å². The molecule has 0 amide bonds. The van der Waals surface area contributed by atoms with Crippen LogP contribution in [0.15, 0.2) is 41.5 Å². The molecule has 2 aromatic rings. The molecule has 6 heteroatoms. The van der Waals surface area contributed by atoms with Gasteiger partial charge in [0.1, 0.15) is 0 Å². The van der Waals surface area contributed by atoms with Gasteiger partial charge in [0.2, 0.25) is 0 Å². The van der Waals surface area contributed by atoms with Gasteiger partial charge in [0.15, 0.2) is 16.6 Å². The molecular formula is C16H17N3O2S. The van der Waals surface area contributed by atoms with Crippen LogP contribution in [0.3, 0.4) is 0 Å². The molecule has 2 rings (SSSR count). The highest BCUT2D eigenvalue weighted by atomic mass is 32.1. The molecule has 0 aliphatic carbocycles. The van der Waals surface area contributed by atoms with Gasteiger partial charge in [0, 0.05) is 11.3 Å². The van der Waals surface area contributed by atoms with Crippen LogP contribution in [0, 0.1) is 13.8 Å². The number of benzene rings is 2. The molecule has 0 spiro atoms. The van der Waals surface area contributed by atoms with Crippen molar-refractivity contribution in [3.05, 3.63) is 53.1 Å². The summed E-state index contributed by atoms with van der Waals surface area (Å²) in [6.07, 6.45) is 1.38. The fourth-order valence-corrected chi connectivity index (χ4v) is 2.08. The van der Waals surface area contributed by atoms with Crippen LogP contribution in [-0.4, -0.2) is 21.5 Å². The van der Waals surface area contributed by atoms with Crippen LogP contribution in [0.25, 0.3) is 0 Å². The Morgan fingerprint density at radius 1 is 1.18 bits per heavy atom. The number of hydrogen-bond donors (Lipinski definition) is 4. The predicted molar refractivity (Wildman–Crippen MR) is 92.6 cm³/mol. The maximum Gasteiger partial charge on any atom is 0.191 e. The first-order chi connectivity index (χ1) is 10.5. The highest BCUT2D eigenvalue weighted by Gasteiger charge is 2.03. The maximum atomic E-state index is 9.64. The third-order valence-electron chi connectivity index (χ3n) is 3.05. The van der Waals surface area contributed by atoms with Gasteiger partial charge < -0.3 is 15.5 Å². The monoisotopic (exact) mass is 315 g/mol. The number of nitrogens with zero attached hydrogens (tertiary/aromatic N) is 1. The van der Waals surface area contributed by atoms with E-state index in [9.17, 15) is 10.2 Å². The third kappa shape index (κ3) is 3.95. The number of nitrogens with one attached hydrogen (secondary N) is 2. The van der Waals surface area contributed by atoms with E-state index in [1.807, 2.05) is 26.0 Å². The van der Waals surface area contributed by atoms with Crippen molar-refractivity contribution in [1.29, 1.82) is 0 Å². The number of phenols is 2. The molecule has 22 heavy (non-hydrogen) atoms. The minimum atomic E-state index is -0.221. The van der Waals surface area contributed by atoms with Crippen molar-refractivity contribution in [3.8, 4) is 11.5 Å². The summed E-state index contributed by atoms with van der Waals surface area (Å²) in [7, 11) is 0. The molecule has 0 atom stereocenters. The van der Waals surface area contributed by atoms with Crippen molar-refractivity contribution in [2.75, 3.05) is 5.32 Å². The Hall–Kier alpha value is -2.60. The summed E-state index contributed by atoms with van der Waals surface area (Å²) in [5, 5.41) is 26.3. The summed E-state index contributed by atoms with van der Waals surface area (Å²) in [5.41, 5.74) is 6.22. The molecule has 2 aromatic carbocycles. The second-order valence-electron chi connectivity index (χ2n) is 4.86. The number of hydrazone groups is 1. The minimum Gasteiger partial charge on any atom is -0.504 e. The van der Waals surface area contributed by atoms with E-state index in [0.717, 1.165) is 11.3 Å². The second kappa shape index (κ2) is 6.91. The van der Waals surface area contributed by atoms with Gasteiger partial charge in [-0.25, -0.2) is 0 Å². The number of aryl methyl sites for hydroxylation is 2. The molecule has 0 fully saturated rings. The van der Waals surface area contributed by atoms with E-state index in [2.05, 4.69) is 21.9 Å². The van der Waals surface area contributed by atoms with E-state index in [0.29, 0.717) is 10.7 Å². The van der Waals surface area contributed by atoms with E-state index in [4.69, 9.17) is 12.2 Å². The molecule has 0 aromatic heterocycles. The van der Waals surface area contributed by atoms with E-state index < -0.39 is 0 Å². The number of thiocarbonyl (C=S) groups is 1. The Bertz CT molecular complexity index is 729. The zero-order valence-corrected chi connectivity index (χ0v) is 13.1. The summed E-state index contributed by atoms with van der Waals surface area (Å²) < 4.78 is 0. The lowest BCUT2D eigenvalue weighted by atomic mass is 10.1. The first-order valence-electron chi connectivity index (χ1n) is 6.65. The molecule has 4 N–H and O–H groups in total. The highest BCUT2D eigenvalue weighted by Crippen LogP contribution is 2.26. The molecule has 0 aliphatic heterocycles. The van der Waals surface area contributed by atoms with Crippen molar-refractivity contribution in [3.63, 3.8) is 0 Å². The summed E-state index contributed by atoms with van der Waals surface area (Å²) in [4.78, 5) is 0. The first kappa shape index (κ1) is 15.8. The SMILES string of the molecule is Cc1ccc(NC(=S)N/N=C/c2cccc(O)c2O)c(C)c1. The average Bonchev–Trinajstić information content (AvgIpc) is 2.46. The van der Waals surface area contributed by atoms with Crippen LogP contribution in [0.2, 0.25) is 0 Å². The fraction of sp³-hybridized carbons (Fsp3) is 0.125. The lowest BCUT2D eigenvalue weighted by Gasteiger charge is -2.10. The van der Waals surface area contributed by atoms with Crippen LogP contribution in [-0.2, 0) is 0 Å². The van der Waals surface area contributed by atoms with Crippen LogP contribution in [0.5, 0.6) is 11.5 Å². The normalized spacial score (nSPS) is 10.6. The number of aromatic hydroxyl groups is 2. The molecular weight excluding hydrogens is 298 g/mol. The zero-order valence-electron chi connectivity index (χ0n) is 12.3. The van der Waals surface area contributed by atoms with Crippen molar-refractivity contribution >= 4 is 29.2 Å². The standard InChI is InChI=1S/C16H17N3O2S/c1-10-6-7-13(11(2)8-10)18-16(22)19-17-9-12-4-3-5-14(20)15(12)21/h3-9,20-21H,1-2H3,(H2,18,19,22)/b17-9+. The lowest BCUT2D eigenvalue weighted by Crippen LogP contribution is -2.24. The Morgan fingerprint density at radius 3 is 2.68 bits per heavy atom. The highest BCUT2D eigenvalue weighted by molar-refractivity contribution is 7.80. The number of rotatable bonds is 3. The number of anilines is 1. The van der Waals surface area contributed by atoms with Crippen molar-refractivity contribution < 1.29 is 10.2 Å². The fourth-order valence-electron chi connectivity index (χ4n) is 1.92. The van der Waals surface area contributed by atoms with E-state index >= 15 is 0 Å². The topological polar surface area (TPSA) is 76.9 Å². The summed E-state index contributed by atoms with van der Waals surface area (Å²) in [5.74, 6) is -0.416. The minimum absolute atomic E-state index is 0.195. The van der Waals surface area contributed by atoms with Crippen LogP contribution in [0.1, 0.15) is 16.7 Å². The summed E-state index contributed by atoms with van der Waals surface area (Å²) in [6.45, 7) is 4.02. The lowest BCUT2D eigenvalue weighted by molar-refractivity contribution is 0.403. The van der Waals surface area contributed by atoms with Crippen LogP contribution >= 0.6 is 12.2 Å². The maximum absolute atomic E-state index is 9.64. The number of hydrogen-bond acceptors (Lipinski definition) is 4. The van der Waals surface area contributed by atoms with Crippen molar-refractivity contribution in [2.24, 2.45) is 5.10 Å². The van der Waals surface area contributed by atoms with E-state index in [1.165, 1.54) is 17.8 Å². The van der Waals surface area contributed by atoms with E-state index in [1.54, 1.807) is 12.1 Å². The smallest absolute Gasteiger partial charge is 0.191 e.